The highest BCUT2D eigenvalue weighted by atomic mass is 16.5. The predicted molar refractivity (Wildman–Crippen MR) is 122 cm³/mol. The molecular weight excluding hydrogens is 404 g/mol. The number of hydrogen-bond acceptors (Lipinski definition) is 3. The summed E-state index contributed by atoms with van der Waals surface area (Å²) in [6.07, 6.45) is 0. The molecule has 160 valence electrons. The molecule has 1 N–H and O–H groups in total. The van der Waals surface area contributed by atoms with Gasteiger partial charge in [-0.15, -0.1) is 0 Å². The van der Waals surface area contributed by atoms with Gasteiger partial charge in [0, 0.05) is 34.6 Å². The zero-order valence-corrected chi connectivity index (χ0v) is 17.8. The van der Waals surface area contributed by atoms with Crippen molar-refractivity contribution in [1.29, 1.82) is 0 Å². The topological polar surface area (TPSA) is 71.8 Å². The van der Waals surface area contributed by atoms with Crippen LogP contribution in [0.3, 0.4) is 0 Å². The van der Waals surface area contributed by atoms with Crippen molar-refractivity contribution >= 4 is 22.8 Å². The van der Waals surface area contributed by atoms with Crippen LogP contribution in [0.2, 0.25) is 0 Å². The van der Waals surface area contributed by atoms with Gasteiger partial charge in [-0.2, -0.15) is 0 Å². The standard InChI is InChI=1S/C26H22N2O4/c1-27-21-13-6-5-12-20(21)23(24(27)16-8-7-9-17(14-16)32-2)25-18-10-3-4-11-19(18)26(31)28(25)15-22(29)30/h3-14,25H,15H2,1-2H3,(H,29,30). The number of rotatable bonds is 5. The Kier molecular flexibility index (Phi) is 4.70. The van der Waals surface area contributed by atoms with Crippen LogP contribution in [0, 0.1) is 0 Å². The van der Waals surface area contributed by atoms with Crippen molar-refractivity contribution < 1.29 is 19.4 Å². The van der Waals surface area contributed by atoms with Crippen LogP contribution >= 0.6 is 0 Å². The predicted octanol–water partition coefficient (Wildman–Crippen LogP) is 4.48. The highest BCUT2D eigenvalue weighted by Gasteiger charge is 2.41. The molecule has 6 heteroatoms. The number of hydrogen-bond donors (Lipinski definition) is 1. The summed E-state index contributed by atoms with van der Waals surface area (Å²) >= 11 is 0. The van der Waals surface area contributed by atoms with E-state index in [9.17, 15) is 14.7 Å². The van der Waals surface area contributed by atoms with E-state index >= 15 is 0 Å². The molecule has 32 heavy (non-hydrogen) atoms. The van der Waals surface area contributed by atoms with Gasteiger partial charge in [0.05, 0.1) is 18.8 Å². The number of para-hydroxylation sites is 1. The molecule has 0 bridgehead atoms. The minimum absolute atomic E-state index is 0.266. The summed E-state index contributed by atoms with van der Waals surface area (Å²) in [5, 5.41) is 10.6. The Balaban J connectivity index is 1.85. The van der Waals surface area contributed by atoms with E-state index in [4.69, 9.17) is 4.74 Å². The number of carbonyl (C=O) groups is 2. The maximum atomic E-state index is 13.2. The number of carbonyl (C=O) groups excluding carboxylic acids is 1. The van der Waals surface area contributed by atoms with Crippen molar-refractivity contribution in [2.45, 2.75) is 6.04 Å². The molecule has 0 aliphatic carbocycles. The van der Waals surface area contributed by atoms with Crippen LogP contribution in [0.15, 0.2) is 72.8 Å². The first-order chi connectivity index (χ1) is 15.5. The first-order valence-corrected chi connectivity index (χ1v) is 10.3. The highest BCUT2D eigenvalue weighted by molar-refractivity contribution is 6.03. The highest BCUT2D eigenvalue weighted by Crippen LogP contribution is 2.46. The third kappa shape index (κ3) is 2.95. The lowest BCUT2D eigenvalue weighted by Crippen LogP contribution is -2.34. The van der Waals surface area contributed by atoms with E-state index < -0.39 is 12.0 Å². The van der Waals surface area contributed by atoms with Crippen molar-refractivity contribution in [3.8, 4) is 17.0 Å². The van der Waals surface area contributed by atoms with Gasteiger partial charge < -0.3 is 19.3 Å². The summed E-state index contributed by atoms with van der Waals surface area (Å²) in [5.41, 5.74) is 5.14. The summed E-state index contributed by atoms with van der Waals surface area (Å²) in [6.45, 7) is -0.376. The lowest BCUT2D eigenvalue weighted by Gasteiger charge is -2.25. The summed E-state index contributed by atoms with van der Waals surface area (Å²) in [4.78, 5) is 26.4. The SMILES string of the molecule is COc1cccc(-c2c(C3c4ccccc4C(=O)N3CC(=O)O)c3ccccc3n2C)c1. The molecule has 1 aliphatic heterocycles. The maximum Gasteiger partial charge on any atom is 0.323 e. The lowest BCUT2D eigenvalue weighted by molar-refractivity contribution is -0.138. The van der Waals surface area contributed by atoms with Crippen molar-refractivity contribution in [1.82, 2.24) is 9.47 Å². The first kappa shape index (κ1) is 19.9. The van der Waals surface area contributed by atoms with E-state index in [0.717, 1.165) is 39.0 Å². The van der Waals surface area contributed by atoms with Crippen LogP contribution in [0.4, 0.5) is 0 Å². The Morgan fingerprint density at radius 2 is 1.78 bits per heavy atom. The molecule has 0 radical (unpaired) electrons. The molecule has 6 nitrogen and oxygen atoms in total. The molecule has 0 spiro atoms. The van der Waals surface area contributed by atoms with Crippen LogP contribution in [-0.2, 0) is 11.8 Å². The Morgan fingerprint density at radius 1 is 1.03 bits per heavy atom. The Hall–Kier alpha value is -4.06. The number of carboxylic acid groups (broad SMARTS) is 1. The van der Waals surface area contributed by atoms with Crippen molar-refractivity contribution in [3.05, 3.63) is 89.5 Å². The number of aliphatic carboxylic acids is 1. The van der Waals surface area contributed by atoms with Gasteiger partial charge in [-0.25, -0.2) is 0 Å². The van der Waals surface area contributed by atoms with Gasteiger partial charge in [-0.1, -0.05) is 48.5 Å². The van der Waals surface area contributed by atoms with Crippen LogP contribution in [0.25, 0.3) is 22.2 Å². The van der Waals surface area contributed by atoms with Crippen molar-refractivity contribution in [2.75, 3.05) is 13.7 Å². The molecule has 1 aliphatic rings. The van der Waals surface area contributed by atoms with Crippen LogP contribution in [0.1, 0.15) is 27.5 Å². The largest absolute Gasteiger partial charge is 0.497 e. The van der Waals surface area contributed by atoms with Crippen LogP contribution in [0.5, 0.6) is 5.75 Å². The number of ether oxygens (including phenoxy) is 1. The summed E-state index contributed by atoms with van der Waals surface area (Å²) in [5.74, 6) is -0.583. The van der Waals surface area contributed by atoms with Gasteiger partial charge in [0.1, 0.15) is 12.3 Å². The second-order valence-corrected chi connectivity index (χ2v) is 7.89. The minimum atomic E-state index is -1.04. The van der Waals surface area contributed by atoms with E-state index in [-0.39, 0.29) is 12.5 Å². The average molecular weight is 426 g/mol. The molecule has 5 rings (SSSR count). The number of nitrogens with zero attached hydrogens (tertiary/aromatic N) is 2. The average Bonchev–Trinajstić information content (AvgIpc) is 3.25. The molecule has 1 amide bonds. The third-order valence-electron chi connectivity index (χ3n) is 6.13. The number of carboxylic acids is 1. The number of aromatic nitrogens is 1. The fourth-order valence-electron chi connectivity index (χ4n) is 4.81. The second-order valence-electron chi connectivity index (χ2n) is 7.89. The molecule has 0 saturated carbocycles. The van der Waals surface area contributed by atoms with Gasteiger partial charge in [0.15, 0.2) is 0 Å². The third-order valence-corrected chi connectivity index (χ3v) is 6.13. The summed E-state index contributed by atoms with van der Waals surface area (Å²) in [6, 6.07) is 22.6. The minimum Gasteiger partial charge on any atom is -0.497 e. The Labute approximate surface area is 185 Å². The molecule has 0 fully saturated rings. The summed E-state index contributed by atoms with van der Waals surface area (Å²) < 4.78 is 7.55. The number of aryl methyl sites for hydroxylation is 1. The van der Waals surface area contributed by atoms with Gasteiger partial charge in [0.25, 0.3) is 5.91 Å². The number of methoxy groups -OCH3 is 1. The second kappa shape index (κ2) is 7.57. The van der Waals surface area contributed by atoms with Crippen LogP contribution < -0.4 is 4.74 Å². The van der Waals surface area contributed by atoms with Gasteiger partial charge in [0.2, 0.25) is 0 Å². The van der Waals surface area contributed by atoms with E-state index in [0.29, 0.717) is 5.56 Å². The van der Waals surface area contributed by atoms with E-state index in [1.165, 1.54) is 4.90 Å². The van der Waals surface area contributed by atoms with E-state index in [2.05, 4.69) is 4.57 Å². The molecule has 1 atom stereocenters. The molecule has 1 unspecified atom stereocenters. The van der Waals surface area contributed by atoms with Gasteiger partial charge in [-0.05, 0) is 29.8 Å². The van der Waals surface area contributed by atoms with Crippen molar-refractivity contribution in [3.63, 3.8) is 0 Å². The maximum absolute atomic E-state index is 13.2. The van der Waals surface area contributed by atoms with Crippen LogP contribution in [-0.4, -0.2) is 40.1 Å². The fraction of sp³-hybridized carbons (Fsp3) is 0.154. The molecular formula is C26H22N2O4. The van der Waals surface area contributed by atoms with E-state index in [1.807, 2.05) is 73.8 Å². The number of fused-ring (bicyclic) bond motifs is 2. The molecule has 2 heterocycles. The lowest BCUT2D eigenvalue weighted by atomic mass is 9.93. The van der Waals surface area contributed by atoms with Crippen molar-refractivity contribution in [2.24, 2.45) is 7.05 Å². The molecule has 4 aromatic rings. The fourth-order valence-corrected chi connectivity index (χ4v) is 4.81. The number of amides is 1. The molecule has 0 saturated heterocycles. The molecule has 1 aromatic heterocycles. The monoisotopic (exact) mass is 426 g/mol. The van der Waals surface area contributed by atoms with E-state index in [1.54, 1.807) is 13.2 Å². The first-order valence-electron chi connectivity index (χ1n) is 10.3. The number of benzene rings is 3. The quantitative estimate of drug-likeness (QED) is 0.511. The summed E-state index contributed by atoms with van der Waals surface area (Å²) in [7, 11) is 3.62. The zero-order valence-electron chi connectivity index (χ0n) is 17.8. The Morgan fingerprint density at radius 3 is 2.56 bits per heavy atom. The molecule has 3 aromatic carbocycles. The Bertz CT molecular complexity index is 1370. The zero-order chi connectivity index (χ0) is 22.4. The van der Waals surface area contributed by atoms with Gasteiger partial charge >= 0.3 is 5.97 Å². The normalized spacial score (nSPS) is 15.2. The smallest absolute Gasteiger partial charge is 0.323 e. The van der Waals surface area contributed by atoms with Gasteiger partial charge in [-0.3, -0.25) is 9.59 Å².